The summed E-state index contributed by atoms with van der Waals surface area (Å²) in [6, 6.07) is -1.17. The highest BCUT2D eigenvalue weighted by atomic mass is 16.2. The summed E-state index contributed by atoms with van der Waals surface area (Å²) >= 11 is 0. The number of carbonyl (C=O) groups is 3. The molecule has 0 unspecified atom stereocenters. The molecule has 9 nitrogen and oxygen atoms in total. The molecule has 2 heterocycles. The van der Waals surface area contributed by atoms with Gasteiger partial charge in [0.05, 0.1) is 12.1 Å². The Bertz CT molecular complexity index is 529. The number of aldehydes is 1. The Hall–Kier alpha value is -1.39. The van der Waals surface area contributed by atoms with Gasteiger partial charge in [-0.25, -0.2) is 5.01 Å². The van der Waals surface area contributed by atoms with Gasteiger partial charge in [0, 0.05) is 6.54 Å². The number of nitrogens with zero attached hydrogens (tertiary/aromatic N) is 3. The summed E-state index contributed by atoms with van der Waals surface area (Å²) in [6.07, 6.45) is 4.71. The van der Waals surface area contributed by atoms with Crippen molar-refractivity contribution in [1.29, 1.82) is 0 Å². The number of hydrogen-bond acceptors (Lipinski definition) is 8. The first-order valence-corrected chi connectivity index (χ1v) is 9.87. The first-order valence-electron chi connectivity index (χ1n) is 9.87. The molecule has 154 valence electrons. The van der Waals surface area contributed by atoms with Crippen molar-refractivity contribution in [2.75, 3.05) is 26.7 Å². The smallest absolute Gasteiger partial charge is 0.254 e. The fourth-order valence-electron chi connectivity index (χ4n) is 4.08. The Morgan fingerprint density at radius 3 is 2.52 bits per heavy atom. The van der Waals surface area contributed by atoms with Crippen molar-refractivity contribution in [3.63, 3.8) is 0 Å². The highest BCUT2D eigenvalue weighted by Crippen LogP contribution is 2.26. The van der Waals surface area contributed by atoms with E-state index in [1.165, 1.54) is 6.92 Å². The number of amides is 1. The zero-order valence-corrected chi connectivity index (χ0v) is 16.5. The molecule has 5 N–H and O–H groups in total. The molecule has 2 saturated heterocycles. The van der Waals surface area contributed by atoms with E-state index in [1.807, 2.05) is 17.0 Å². The molecule has 0 spiro atoms. The summed E-state index contributed by atoms with van der Waals surface area (Å²) in [4.78, 5) is 39.5. The second-order valence-corrected chi connectivity index (χ2v) is 7.58. The second-order valence-electron chi connectivity index (χ2n) is 7.58. The van der Waals surface area contributed by atoms with E-state index in [1.54, 1.807) is 5.01 Å². The molecule has 9 heteroatoms. The number of ketones is 1. The minimum atomic E-state index is -0.608. The number of carbonyl (C=O) groups excluding carboxylic acids is 3. The van der Waals surface area contributed by atoms with Crippen LogP contribution >= 0.6 is 0 Å². The lowest BCUT2D eigenvalue weighted by molar-refractivity contribution is -0.167. The number of rotatable bonds is 10. The van der Waals surface area contributed by atoms with Crippen LogP contribution in [0.4, 0.5) is 0 Å². The molecule has 1 amide bonds. The molecule has 2 rings (SSSR count). The fourth-order valence-corrected chi connectivity index (χ4v) is 4.08. The largest absolute Gasteiger partial charge is 0.304 e. The van der Waals surface area contributed by atoms with Gasteiger partial charge in [-0.1, -0.05) is 0 Å². The Morgan fingerprint density at radius 1 is 1.26 bits per heavy atom. The maximum atomic E-state index is 13.4. The van der Waals surface area contributed by atoms with E-state index in [9.17, 15) is 14.4 Å². The predicted molar refractivity (Wildman–Crippen MR) is 102 cm³/mol. The molecule has 0 saturated carbocycles. The number of hydrazine groups is 1. The Morgan fingerprint density at radius 2 is 1.96 bits per heavy atom. The molecule has 0 radical (unpaired) electrons. The van der Waals surface area contributed by atoms with Gasteiger partial charge in [0.25, 0.3) is 5.91 Å². The zero-order valence-electron chi connectivity index (χ0n) is 16.5. The number of likely N-dealkylation sites (N-methyl/N-ethyl adjacent to an activating group) is 1. The summed E-state index contributed by atoms with van der Waals surface area (Å²) in [7, 11) is 1.93. The van der Waals surface area contributed by atoms with E-state index in [0.29, 0.717) is 32.4 Å². The molecule has 3 atom stereocenters. The van der Waals surface area contributed by atoms with Crippen molar-refractivity contribution in [2.24, 2.45) is 11.5 Å². The van der Waals surface area contributed by atoms with Crippen molar-refractivity contribution >= 4 is 18.0 Å². The van der Waals surface area contributed by atoms with E-state index < -0.39 is 12.3 Å². The van der Waals surface area contributed by atoms with Crippen LogP contribution in [0.3, 0.4) is 0 Å². The molecule has 2 aliphatic rings. The Kier molecular flexibility index (Phi) is 8.30. The van der Waals surface area contributed by atoms with E-state index in [2.05, 4.69) is 5.32 Å². The number of likely N-dealkylation sites (tertiary alicyclic amines) is 1. The number of nitrogens with two attached hydrogens (primary N) is 2. The molecule has 0 aromatic heterocycles. The molecular formula is C18H34N6O3. The van der Waals surface area contributed by atoms with E-state index >= 15 is 0 Å². The van der Waals surface area contributed by atoms with Gasteiger partial charge in [0.2, 0.25) is 0 Å². The maximum absolute atomic E-state index is 13.4. The monoisotopic (exact) mass is 382 g/mol. The third kappa shape index (κ3) is 5.55. The normalized spacial score (nSPS) is 25.1. The van der Waals surface area contributed by atoms with Gasteiger partial charge >= 0.3 is 0 Å². The summed E-state index contributed by atoms with van der Waals surface area (Å²) in [6.45, 7) is 3.55. The summed E-state index contributed by atoms with van der Waals surface area (Å²) in [5.41, 5.74) is 11.0. The molecule has 0 aromatic carbocycles. The third-order valence-corrected chi connectivity index (χ3v) is 5.53. The van der Waals surface area contributed by atoms with E-state index in [-0.39, 0.29) is 23.8 Å². The third-order valence-electron chi connectivity index (χ3n) is 5.53. The SMILES string of the molecule is CC(=O)[C@H](CCCNC(N)N)N(C(=O)[C@@H]1CCCN1C)N1CCC[C@H]1C=O. The number of nitrogens with one attached hydrogen (secondary N) is 1. The number of Topliss-reactive ketones (excluding diaryl/α,β-unsaturated/α-hetero) is 1. The van der Waals surface area contributed by atoms with Crippen LogP contribution < -0.4 is 16.8 Å². The van der Waals surface area contributed by atoms with Crippen molar-refractivity contribution in [2.45, 2.75) is 69.9 Å². The molecule has 2 aliphatic heterocycles. The minimum Gasteiger partial charge on any atom is -0.304 e. The van der Waals surface area contributed by atoms with Crippen LogP contribution in [-0.2, 0) is 14.4 Å². The minimum absolute atomic E-state index is 0.0717. The second kappa shape index (κ2) is 10.2. The Labute approximate surface area is 161 Å². The van der Waals surface area contributed by atoms with Gasteiger partial charge in [-0.3, -0.25) is 24.8 Å². The van der Waals surface area contributed by atoms with Gasteiger partial charge in [-0.2, -0.15) is 0 Å². The number of hydrogen-bond donors (Lipinski definition) is 3. The molecule has 0 aromatic rings. The average Bonchev–Trinajstić information content (AvgIpc) is 3.25. The van der Waals surface area contributed by atoms with Crippen molar-refractivity contribution in [1.82, 2.24) is 20.2 Å². The molecular weight excluding hydrogens is 348 g/mol. The van der Waals surface area contributed by atoms with Crippen molar-refractivity contribution in [3.05, 3.63) is 0 Å². The molecule has 0 aliphatic carbocycles. The van der Waals surface area contributed by atoms with Crippen molar-refractivity contribution in [3.8, 4) is 0 Å². The van der Waals surface area contributed by atoms with Gasteiger partial charge in [0.1, 0.15) is 18.6 Å². The summed E-state index contributed by atoms with van der Waals surface area (Å²) in [5, 5.41) is 6.34. The topological polar surface area (TPSA) is 125 Å². The van der Waals surface area contributed by atoms with Gasteiger partial charge in [-0.15, -0.1) is 0 Å². The summed E-state index contributed by atoms with van der Waals surface area (Å²) in [5.74, 6) is -0.148. The maximum Gasteiger partial charge on any atom is 0.254 e. The quantitative estimate of drug-likeness (QED) is 0.250. The fraction of sp³-hybridized carbons (Fsp3) is 0.833. The van der Waals surface area contributed by atoms with Crippen LogP contribution in [0.2, 0.25) is 0 Å². The zero-order chi connectivity index (χ0) is 20.0. The van der Waals surface area contributed by atoms with Crippen LogP contribution in [0.25, 0.3) is 0 Å². The van der Waals surface area contributed by atoms with Crippen LogP contribution in [0.1, 0.15) is 45.4 Å². The van der Waals surface area contributed by atoms with Crippen molar-refractivity contribution < 1.29 is 14.4 Å². The van der Waals surface area contributed by atoms with Crippen LogP contribution in [-0.4, -0.2) is 84.0 Å². The lowest BCUT2D eigenvalue weighted by atomic mass is 10.0. The first-order chi connectivity index (χ1) is 12.9. The van der Waals surface area contributed by atoms with E-state index in [4.69, 9.17) is 11.5 Å². The van der Waals surface area contributed by atoms with Gasteiger partial charge in [-0.05, 0) is 65.6 Å². The Balaban J connectivity index is 2.20. The lowest BCUT2D eigenvalue weighted by Crippen LogP contribution is -2.60. The lowest BCUT2D eigenvalue weighted by Gasteiger charge is -2.41. The molecule has 0 bridgehead atoms. The highest BCUT2D eigenvalue weighted by Gasteiger charge is 2.42. The first kappa shape index (κ1) is 21.9. The molecule has 2 fully saturated rings. The van der Waals surface area contributed by atoms with Crippen LogP contribution in [0.5, 0.6) is 0 Å². The van der Waals surface area contributed by atoms with Gasteiger partial charge in [0.15, 0.2) is 5.78 Å². The average molecular weight is 383 g/mol. The molecule has 27 heavy (non-hydrogen) atoms. The standard InChI is InChI=1S/C18H34N6O3/c1-13(26)15(7-3-9-21-18(19)20)24(23-11-4-6-14(23)12-25)17(27)16-8-5-10-22(16)2/h12,14-16,18,21H,3-11,19-20H2,1-2H3/t14-,15-,16-/m0/s1. The van der Waals surface area contributed by atoms with Crippen LogP contribution in [0, 0.1) is 0 Å². The van der Waals surface area contributed by atoms with Crippen LogP contribution in [0.15, 0.2) is 0 Å². The van der Waals surface area contributed by atoms with E-state index in [0.717, 1.165) is 32.1 Å². The highest BCUT2D eigenvalue weighted by molar-refractivity contribution is 5.89. The predicted octanol–water partition coefficient (Wildman–Crippen LogP) is -0.984. The van der Waals surface area contributed by atoms with Gasteiger partial charge < -0.3 is 16.3 Å². The summed E-state index contributed by atoms with van der Waals surface area (Å²) < 4.78 is 0.